The predicted octanol–water partition coefficient (Wildman–Crippen LogP) is 0.834. The van der Waals surface area contributed by atoms with Gasteiger partial charge in [0.05, 0.1) is 6.61 Å². The van der Waals surface area contributed by atoms with Gasteiger partial charge in [-0.2, -0.15) is 0 Å². The average Bonchev–Trinajstić information content (AvgIpc) is 2.16. The number of nitrogens with one attached hydrogen (secondary N) is 2. The Morgan fingerprint density at radius 2 is 2.20 bits per heavy atom. The van der Waals surface area contributed by atoms with Gasteiger partial charge in [-0.1, -0.05) is 6.42 Å². The van der Waals surface area contributed by atoms with Crippen molar-refractivity contribution in [2.75, 3.05) is 19.7 Å². The first-order valence-electron chi connectivity index (χ1n) is 5.98. The highest BCUT2D eigenvalue weighted by molar-refractivity contribution is 5.78. The van der Waals surface area contributed by atoms with Crippen molar-refractivity contribution in [3.05, 3.63) is 0 Å². The van der Waals surface area contributed by atoms with Gasteiger partial charge in [0.1, 0.15) is 0 Å². The Labute approximate surface area is 90.7 Å². The van der Waals surface area contributed by atoms with Crippen molar-refractivity contribution >= 4 is 5.91 Å². The zero-order chi connectivity index (χ0) is 10.5. The van der Waals surface area contributed by atoms with Gasteiger partial charge in [-0.05, 0) is 38.1 Å². The SMILES string of the molecule is O=C(NOCC1CCCNC1)C1CCC1. The summed E-state index contributed by atoms with van der Waals surface area (Å²) in [6.07, 6.45) is 5.65. The minimum Gasteiger partial charge on any atom is -0.316 e. The monoisotopic (exact) mass is 212 g/mol. The van der Waals surface area contributed by atoms with Crippen LogP contribution in [0.1, 0.15) is 32.1 Å². The van der Waals surface area contributed by atoms with Gasteiger partial charge in [-0.3, -0.25) is 9.63 Å². The van der Waals surface area contributed by atoms with Crippen molar-refractivity contribution in [2.45, 2.75) is 32.1 Å². The Kier molecular flexibility index (Phi) is 3.97. The Morgan fingerprint density at radius 1 is 1.33 bits per heavy atom. The lowest BCUT2D eigenvalue weighted by Crippen LogP contribution is -2.38. The molecule has 1 amide bonds. The summed E-state index contributed by atoms with van der Waals surface area (Å²) in [6, 6.07) is 0. The van der Waals surface area contributed by atoms with E-state index < -0.39 is 0 Å². The zero-order valence-electron chi connectivity index (χ0n) is 9.13. The molecule has 0 radical (unpaired) electrons. The summed E-state index contributed by atoms with van der Waals surface area (Å²) in [4.78, 5) is 16.7. The molecule has 4 heteroatoms. The number of carbonyl (C=O) groups excluding carboxylic acids is 1. The summed E-state index contributed by atoms with van der Waals surface area (Å²) in [5.41, 5.74) is 2.57. The molecule has 0 aromatic rings. The molecule has 4 nitrogen and oxygen atoms in total. The summed E-state index contributed by atoms with van der Waals surface area (Å²) >= 11 is 0. The van der Waals surface area contributed by atoms with Gasteiger partial charge in [0.25, 0.3) is 0 Å². The minimum absolute atomic E-state index is 0.0741. The molecule has 2 rings (SSSR count). The van der Waals surface area contributed by atoms with E-state index in [-0.39, 0.29) is 11.8 Å². The van der Waals surface area contributed by atoms with Gasteiger partial charge >= 0.3 is 0 Å². The highest BCUT2D eigenvalue weighted by atomic mass is 16.7. The van der Waals surface area contributed by atoms with E-state index in [1.807, 2.05) is 0 Å². The van der Waals surface area contributed by atoms with Crippen molar-refractivity contribution in [1.29, 1.82) is 0 Å². The fraction of sp³-hybridized carbons (Fsp3) is 0.909. The summed E-state index contributed by atoms with van der Waals surface area (Å²) < 4.78 is 0. The maximum atomic E-state index is 11.4. The molecule has 2 fully saturated rings. The number of rotatable bonds is 4. The lowest BCUT2D eigenvalue weighted by Gasteiger charge is -2.25. The second kappa shape index (κ2) is 5.47. The molecular weight excluding hydrogens is 192 g/mol. The normalized spacial score (nSPS) is 27.1. The van der Waals surface area contributed by atoms with E-state index in [1.165, 1.54) is 19.3 Å². The maximum absolute atomic E-state index is 11.4. The zero-order valence-corrected chi connectivity index (χ0v) is 9.13. The Hall–Kier alpha value is -0.610. The van der Waals surface area contributed by atoms with E-state index in [0.29, 0.717) is 12.5 Å². The van der Waals surface area contributed by atoms with E-state index in [1.54, 1.807) is 0 Å². The summed E-state index contributed by atoms with van der Waals surface area (Å²) in [5, 5.41) is 3.33. The van der Waals surface area contributed by atoms with E-state index >= 15 is 0 Å². The predicted molar refractivity (Wildman–Crippen MR) is 57.0 cm³/mol. The highest BCUT2D eigenvalue weighted by Crippen LogP contribution is 2.26. The number of hydrogen-bond donors (Lipinski definition) is 2. The van der Waals surface area contributed by atoms with E-state index in [2.05, 4.69) is 10.8 Å². The van der Waals surface area contributed by atoms with Crippen LogP contribution in [0.4, 0.5) is 0 Å². The van der Waals surface area contributed by atoms with Crippen molar-refractivity contribution in [3.8, 4) is 0 Å². The second-order valence-electron chi connectivity index (χ2n) is 4.62. The first kappa shape index (κ1) is 10.9. The number of amides is 1. The first-order valence-corrected chi connectivity index (χ1v) is 5.98. The van der Waals surface area contributed by atoms with Crippen LogP contribution < -0.4 is 10.8 Å². The average molecular weight is 212 g/mol. The van der Waals surface area contributed by atoms with Crippen LogP contribution in [-0.2, 0) is 9.63 Å². The smallest absolute Gasteiger partial charge is 0.246 e. The molecule has 0 aromatic heterocycles. The third kappa shape index (κ3) is 3.18. The fourth-order valence-electron chi connectivity index (χ4n) is 2.05. The van der Waals surface area contributed by atoms with Crippen LogP contribution >= 0.6 is 0 Å². The van der Waals surface area contributed by atoms with Crippen LogP contribution in [0.2, 0.25) is 0 Å². The molecule has 0 aromatic carbocycles. The molecule has 1 atom stereocenters. The van der Waals surface area contributed by atoms with Crippen LogP contribution in [-0.4, -0.2) is 25.6 Å². The van der Waals surface area contributed by atoms with Gasteiger partial charge in [0.2, 0.25) is 5.91 Å². The minimum atomic E-state index is 0.0741. The quantitative estimate of drug-likeness (QED) is 0.679. The van der Waals surface area contributed by atoms with Gasteiger partial charge in [-0.15, -0.1) is 0 Å². The van der Waals surface area contributed by atoms with Gasteiger partial charge in [-0.25, -0.2) is 5.48 Å². The molecule has 1 aliphatic carbocycles. The Morgan fingerprint density at radius 3 is 2.80 bits per heavy atom. The third-order valence-corrected chi connectivity index (χ3v) is 3.37. The molecule has 1 saturated carbocycles. The standard InChI is InChI=1S/C11H20N2O2/c14-11(10-4-1-5-10)13-15-8-9-3-2-6-12-7-9/h9-10,12H,1-8H2,(H,13,14). The van der Waals surface area contributed by atoms with Crippen LogP contribution in [0.3, 0.4) is 0 Å². The van der Waals surface area contributed by atoms with E-state index in [4.69, 9.17) is 4.84 Å². The largest absolute Gasteiger partial charge is 0.316 e. The number of hydroxylamine groups is 1. The molecule has 1 saturated heterocycles. The molecule has 0 bridgehead atoms. The number of hydrogen-bond acceptors (Lipinski definition) is 3. The number of carbonyl (C=O) groups is 1. The molecular formula is C11H20N2O2. The Bertz CT molecular complexity index is 211. The molecule has 2 N–H and O–H groups in total. The topological polar surface area (TPSA) is 50.4 Å². The van der Waals surface area contributed by atoms with Crippen LogP contribution in [0.25, 0.3) is 0 Å². The van der Waals surface area contributed by atoms with Crippen molar-refractivity contribution in [3.63, 3.8) is 0 Å². The van der Waals surface area contributed by atoms with Crippen molar-refractivity contribution in [1.82, 2.24) is 10.8 Å². The van der Waals surface area contributed by atoms with E-state index in [0.717, 1.165) is 25.9 Å². The summed E-state index contributed by atoms with van der Waals surface area (Å²) in [7, 11) is 0. The first-order chi connectivity index (χ1) is 7.36. The van der Waals surface area contributed by atoms with Gasteiger partial charge in [0, 0.05) is 12.5 Å². The van der Waals surface area contributed by atoms with E-state index in [9.17, 15) is 4.79 Å². The Balaban J connectivity index is 1.55. The summed E-state index contributed by atoms with van der Waals surface area (Å²) in [5.74, 6) is 0.847. The molecule has 86 valence electrons. The van der Waals surface area contributed by atoms with Crippen molar-refractivity contribution in [2.24, 2.45) is 11.8 Å². The summed E-state index contributed by atoms with van der Waals surface area (Å²) in [6.45, 7) is 2.77. The molecule has 15 heavy (non-hydrogen) atoms. The van der Waals surface area contributed by atoms with Gasteiger partial charge in [0.15, 0.2) is 0 Å². The molecule has 1 heterocycles. The molecule has 2 aliphatic rings. The van der Waals surface area contributed by atoms with Crippen LogP contribution in [0.15, 0.2) is 0 Å². The molecule has 1 unspecified atom stereocenters. The van der Waals surface area contributed by atoms with Crippen LogP contribution in [0.5, 0.6) is 0 Å². The number of piperidine rings is 1. The second-order valence-corrected chi connectivity index (χ2v) is 4.62. The van der Waals surface area contributed by atoms with Crippen molar-refractivity contribution < 1.29 is 9.63 Å². The maximum Gasteiger partial charge on any atom is 0.246 e. The molecule has 1 aliphatic heterocycles. The lowest BCUT2D eigenvalue weighted by atomic mass is 9.85. The third-order valence-electron chi connectivity index (χ3n) is 3.37. The van der Waals surface area contributed by atoms with Crippen LogP contribution in [0, 0.1) is 11.8 Å². The lowest BCUT2D eigenvalue weighted by molar-refractivity contribution is -0.141. The molecule has 0 spiro atoms. The highest BCUT2D eigenvalue weighted by Gasteiger charge is 2.25. The van der Waals surface area contributed by atoms with Gasteiger partial charge < -0.3 is 5.32 Å². The fourth-order valence-corrected chi connectivity index (χ4v) is 2.05.